The maximum Gasteiger partial charge on any atom is 0.000251 e. The van der Waals surface area contributed by atoms with E-state index in [0.717, 1.165) is 13.1 Å². The summed E-state index contributed by atoms with van der Waals surface area (Å²) in [7, 11) is 0. The van der Waals surface area contributed by atoms with Crippen molar-refractivity contribution in [3.63, 3.8) is 0 Å². The highest BCUT2D eigenvalue weighted by Crippen LogP contribution is 2.27. The molecule has 0 bridgehead atoms. The SMILES string of the molecule is CCNCC(C)(C)CCc1c(C)c(C)cc(C)c1C. The van der Waals surface area contributed by atoms with Crippen LogP contribution in [-0.2, 0) is 6.42 Å². The van der Waals surface area contributed by atoms with Crippen LogP contribution in [0.5, 0.6) is 0 Å². The molecule has 19 heavy (non-hydrogen) atoms. The van der Waals surface area contributed by atoms with Crippen LogP contribution in [0, 0.1) is 33.1 Å². The Hall–Kier alpha value is -0.820. The topological polar surface area (TPSA) is 12.0 Å². The Bertz CT molecular complexity index is 404. The van der Waals surface area contributed by atoms with E-state index in [4.69, 9.17) is 0 Å². The van der Waals surface area contributed by atoms with Gasteiger partial charge in [0.05, 0.1) is 0 Å². The smallest absolute Gasteiger partial charge is 0.000251 e. The minimum Gasteiger partial charge on any atom is -0.316 e. The molecule has 0 aliphatic rings. The quantitative estimate of drug-likeness (QED) is 0.795. The van der Waals surface area contributed by atoms with Crippen LogP contribution in [0.2, 0.25) is 0 Å². The van der Waals surface area contributed by atoms with Gasteiger partial charge < -0.3 is 5.32 Å². The molecule has 0 unspecified atom stereocenters. The highest BCUT2D eigenvalue weighted by atomic mass is 14.9. The van der Waals surface area contributed by atoms with Crippen LogP contribution in [0.25, 0.3) is 0 Å². The molecule has 0 amide bonds. The average molecular weight is 261 g/mol. The molecule has 1 N–H and O–H groups in total. The zero-order valence-electron chi connectivity index (χ0n) is 13.9. The van der Waals surface area contributed by atoms with Gasteiger partial charge in [-0.05, 0) is 80.3 Å². The Morgan fingerprint density at radius 3 is 2.00 bits per heavy atom. The van der Waals surface area contributed by atoms with Gasteiger partial charge in [-0.1, -0.05) is 26.8 Å². The van der Waals surface area contributed by atoms with E-state index >= 15 is 0 Å². The lowest BCUT2D eigenvalue weighted by molar-refractivity contribution is 0.317. The first-order valence-electron chi connectivity index (χ1n) is 7.55. The molecule has 0 heterocycles. The van der Waals surface area contributed by atoms with Crippen LogP contribution < -0.4 is 5.32 Å². The molecule has 0 spiro atoms. The summed E-state index contributed by atoms with van der Waals surface area (Å²) < 4.78 is 0. The highest BCUT2D eigenvalue weighted by Gasteiger charge is 2.18. The first-order chi connectivity index (χ1) is 8.78. The van der Waals surface area contributed by atoms with Crippen LogP contribution in [0.3, 0.4) is 0 Å². The summed E-state index contributed by atoms with van der Waals surface area (Å²) in [4.78, 5) is 0. The van der Waals surface area contributed by atoms with Gasteiger partial charge in [0.1, 0.15) is 0 Å². The van der Waals surface area contributed by atoms with Crippen LogP contribution in [-0.4, -0.2) is 13.1 Å². The van der Waals surface area contributed by atoms with E-state index < -0.39 is 0 Å². The minimum absolute atomic E-state index is 0.368. The molecule has 108 valence electrons. The fraction of sp³-hybridized carbons (Fsp3) is 0.667. The Morgan fingerprint density at radius 2 is 1.53 bits per heavy atom. The van der Waals surface area contributed by atoms with E-state index in [-0.39, 0.29) is 0 Å². The fourth-order valence-electron chi connectivity index (χ4n) is 2.69. The van der Waals surface area contributed by atoms with E-state index in [1.807, 2.05) is 0 Å². The molecule has 0 aromatic heterocycles. The standard InChI is InChI=1S/C18H31N/c1-8-19-12-18(6,7)10-9-17-15(4)13(2)11-14(3)16(17)5/h11,19H,8-10,12H2,1-7H3. The molecule has 0 aliphatic carbocycles. The van der Waals surface area contributed by atoms with Crippen molar-refractivity contribution >= 4 is 0 Å². The van der Waals surface area contributed by atoms with Crippen molar-refractivity contribution in [2.75, 3.05) is 13.1 Å². The summed E-state index contributed by atoms with van der Waals surface area (Å²) in [6.45, 7) is 18.1. The second kappa shape index (κ2) is 6.56. The van der Waals surface area contributed by atoms with Gasteiger partial charge in [-0.25, -0.2) is 0 Å². The van der Waals surface area contributed by atoms with Crippen molar-refractivity contribution < 1.29 is 0 Å². The molecule has 1 heteroatoms. The largest absolute Gasteiger partial charge is 0.316 e. The molecule has 0 saturated carbocycles. The predicted octanol–water partition coefficient (Wildman–Crippen LogP) is 4.49. The normalized spacial score (nSPS) is 11.9. The van der Waals surface area contributed by atoms with Gasteiger partial charge in [-0.2, -0.15) is 0 Å². The number of benzene rings is 1. The minimum atomic E-state index is 0.368. The Labute approximate surface area is 119 Å². The molecule has 0 saturated heterocycles. The summed E-state index contributed by atoms with van der Waals surface area (Å²) in [5, 5.41) is 3.48. The average Bonchev–Trinajstić information content (AvgIpc) is 2.34. The summed E-state index contributed by atoms with van der Waals surface area (Å²) in [6, 6.07) is 2.32. The molecule has 1 rings (SSSR count). The van der Waals surface area contributed by atoms with E-state index in [1.54, 1.807) is 5.56 Å². The van der Waals surface area contributed by atoms with Crippen molar-refractivity contribution in [2.45, 2.75) is 61.3 Å². The summed E-state index contributed by atoms with van der Waals surface area (Å²) in [5.41, 5.74) is 7.78. The van der Waals surface area contributed by atoms with Crippen molar-refractivity contribution in [3.8, 4) is 0 Å². The third-order valence-electron chi connectivity index (χ3n) is 4.43. The molecule has 0 aliphatic heterocycles. The Balaban J connectivity index is 2.83. The van der Waals surface area contributed by atoms with Crippen LogP contribution >= 0.6 is 0 Å². The molecule has 0 atom stereocenters. The predicted molar refractivity (Wildman–Crippen MR) is 86.0 cm³/mol. The van der Waals surface area contributed by atoms with Crippen molar-refractivity contribution in [2.24, 2.45) is 5.41 Å². The molecule has 1 aromatic rings. The van der Waals surface area contributed by atoms with Gasteiger partial charge in [0.25, 0.3) is 0 Å². The van der Waals surface area contributed by atoms with Gasteiger partial charge in [0.2, 0.25) is 0 Å². The molecule has 1 aromatic carbocycles. The summed E-state index contributed by atoms with van der Waals surface area (Å²) >= 11 is 0. The lowest BCUT2D eigenvalue weighted by atomic mass is 9.83. The van der Waals surface area contributed by atoms with Crippen LogP contribution in [0.1, 0.15) is 55.0 Å². The zero-order chi connectivity index (χ0) is 14.6. The highest BCUT2D eigenvalue weighted by molar-refractivity contribution is 5.44. The van der Waals surface area contributed by atoms with Gasteiger partial charge in [0.15, 0.2) is 0 Å². The number of aryl methyl sites for hydroxylation is 2. The maximum atomic E-state index is 3.48. The van der Waals surface area contributed by atoms with Gasteiger partial charge in [0, 0.05) is 6.54 Å². The summed E-state index contributed by atoms with van der Waals surface area (Å²) in [6.07, 6.45) is 2.43. The van der Waals surface area contributed by atoms with Gasteiger partial charge in [-0.15, -0.1) is 0 Å². The lowest BCUT2D eigenvalue weighted by Gasteiger charge is -2.26. The summed E-state index contributed by atoms with van der Waals surface area (Å²) in [5.74, 6) is 0. The van der Waals surface area contributed by atoms with Crippen LogP contribution in [0.15, 0.2) is 6.07 Å². The monoisotopic (exact) mass is 261 g/mol. The zero-order valence-corrected chi connectivity index (χ0v) is 13.9. The second-order valence-corrected chi connectivity index (χ2v) is 6.68. The number of hydrogen-bond donors (Lipinski definition) is 1. The van der Waals surface area contributed by atoms with Crippen LogP contribution in [0.4, 0.5) is 0 Å². The second-order valence-electron chi connectivity index (χ2n) is 6.68. The Kier molecular flexibility index (Phi) is 5.61. The lowest BCUT2D eigenvalue weighted by Crippen LogP contribution is -2.29. The fourth-order valence-corrected chi connectivity index (χ4v) is 2.69. The van der Waals surface area contributed by atoms with Gasteiger partial charge in [-0.3, -0.25) is 0 Å². The van der Waals surface area contributed by atoms with E-state index in [2.05, 4.69) is 59.8 Å². The van der Waals surface area contributed by atoms with E-state index in [9.17, 15) is 0 Å². The number of nitrogens with one attached hydrogen (secondary N) is 1. The number of rotatable bonds is 6. The molecular formula is C18H31N. The first-order valence-corrected chi connectivity index (χ1v) is 7.55. The van der Waals surface area contributed by atoms with Crippen molar-refractivity contribution in [3.05, 3.63) is 33.9 Å². The van der Waals surface area contributed by atoms with Gasteiger partial charge >= 0.3 is 0 Å². The number of hydrogen-bond acceptors (Lipinski definition) is 1. The van der Waals surface area contributed by atoms with Crippen molar-refractivity contribution in [1.82, 2.24) is 5.32 Å². The molecular weight excluding hydrogens is 230 g/mol. The molecule has 0 fully saturated rings. The van der Waals surface area contributed by atoms with E-state index in [1.165, 1.54) is 35.1 Å². The molecule has 1 nitrogen and oxygen atoms in total. The molecule has 0 radical (unpaired) electrons. The Morgan fingerprint density at radius 1 is 1.00 bits per heavy atom. The van der Waals surface area contributed by atoms with Crippen molar-refractivity contribution in [1.29, 1.82) is 0 Å². The van der Waals surface area contributed by atoms with E-state index in [0.29, 0.717) is 5.41 Å². The first kappa shape index (κ1) is 16.2. The maximum absolute atomic E-state index is 3.48. The third kappa shape index (κ3) is 4.35. The third-order valence-corrected chi connectivity index (χ3v) is 4.43.